The van der Waals surface area contributed by atoms with Crippen LogP contribution in [0.4, 0.5) is 0 Å². The van der Waals surface area contributed by atoms with Crippen molar-refractivity contribution in [3.05, 3.63) is 101 Å². The number of aromatic amines is 1. The van der Waals surface area contributed by atoms with Gasteiger partial charge < -0.3 is 19.1 Å². The average Bonchev–Trinajstić information content (AvgIpc) is 3.54. The van der Waals surface area contributed by atoms with Gasteiger partial charge in [-0.3, -0.25) is 4.57 Å². The number of aryl methyl sites for hydroxylation is 1. The molecule has 0 aliphatic carbocycles. The van der Waals surface area contributed by atoms with Gasteiger partial charge in [0.25, 0.3) is 0 Å². The lowest BCUT2D eigenvalue weighted by atomic mass is 10.0. The Morgan fingerprint density at radius 1 is 0.919 bits per heavy atom. The number of nitrogens with zero attached hydrogens (tertiary/aromatic N) is 3. The number of imidazole rings is 1. The SMILES string of the molecule is O=c1[nH]c2ccccc2n1C1CCN(CCCc2cc(-c3cccc(Oc4ccccc4)c3)no2)CC1. The summed E-state index contributed by atoms with van der Waals surface area (Å²) in [5, 5.41) is 4.29. The molecule has 6 rings (SSSR count). The van der Waals surface area contributed by atoms with Crippen molar-refractivity contribution in [2.75, 3.05) is 19.6 Å². The molecule has 7 nitrogen and oxygen atoms in total. The molecule has 3 heterocycles. The number of aromatic nitrogens is 3. The molecule has 0 unspecified atom stereocenters. The van der Waals surface area contributed by atoms with Crippen molar-refractivity contribution in [3.63, 3.8) is 0 Å². The first-order chi connectivity index (χ1) is 18.2. The number of nitrogens with one attached hydrogen (secondary N) is 1. The quantitative estimate of drug-likeness (QED) is 0.284. The van der Waals surface area contributed by atoms with Crippen molar-refractivity contribution in [2.45, 2.75) is 31.7 Å². The second-order valence-corrected chi connectivity index (χ2v) is 9.62. The van der Waals surface area contributed by atoms with E-state index >= 15 is 0 Å². The van der Waals surface area contributed by atoms with E-state index in [4.69, 9.17) is 9.26 Å². The fourth-order valence-corrected chi connectivity index (χ4v) is 5.23. The summed E-state index contributed by atoms with van der Waals surface area (Å²) in [5.41, 5.74) is 3.70. The maximum atomic E-state index is 12.5. The fraction of sp³-hybridized carbons (Fsp3) is 0.267. The molecule has 0 spiro atoms. The van der Waals surface area contributed by atoms with Crippen LogP contribution in [0.25, 0.3) is 22.3 Å². The van der Waals surface area contributed by atoms with Gasteiger partial charge in [0.05, 0.1) is 11.0 Å². The van der Waals surface area contributed by atoms with Crippen LogP contribution in [-0.2, 0) is 6.42 Å². The zero-order valence-electron chi connectivity index (χ0n) is 20.7. The predicted molar refractivity (Wildman–Crippen MR) is 144 cm³/mol. The first-order valence-electron chi connectivity index (χ1n) is 12.9. The second kappa shape index (κ2) is 10.5. The highest BCUT2D eigenvalue weighted by molar-refractivity contribution is 5.75. The summed E-state index contributed by atoms with van der Waals surface area (Å²) >= 11 is 0. The van der Waals surface area contributed by atoms with Crippen molar-refractivity contribution in [3.8, 4) is 22.8 Å². The van der Waals surface area contributed by atoms with Gasteiger partial charge >= 0.3 is 5.69 Å². The van der Waals surface area contributed by atoms with Crippen LogP contribution in [0.2, 0.25) is 0 Å². The van der Waals surface area contributed by atoms with E-state index in [2.05, 4.69) is 15.0 Å². The number of fused-ring (bicyclic) bond motifs is 1. The van der Waals surface area contributed by atoms with Crippen molar-refractivity contribution < 1.29 is 9.26 Å². The van der Waals surface area contributed by atoms with Crippen LogP contribution >= 0.6 is 0 Å². The number of para-hydroxylation sites is 3. The summed E-state index contributed by atoms with van der Waals surface area (Å²) in [7, 11) is 0. The molecule has 1 saturated heterocycles. The Kier molecular flexibility index (Phi) is 6.60. The smallest absolute Gasteiger partial charge is 0.326 e. The molecular formula is C30H30N4O3. The van der Waals surface area contributed by atoms with E-state index in [-0.39, 0.29) is 11.7 Å². The second-order valence-electron chi connectivity index (χ2n) is 9.62. The van der Waals surface area contributed by atoms with Gasteiger partial charge in [0.2, 0.25) is 0 Å². The third-order valence-corrected chi connectivity index (χ3v) is 7.11. The molecule has 188 valence electrons. The minimum absolute atomic E-state index is 0.00191. The Bertz CT molecular complexity index is 1530. The summed E-state index contributed by atoms with van der Waals surface area (Å²) in [6.45, 7) is 2.99. The third-order valence-electron chi connectivity index (χ3n) is 7.11. The van der Waals surface area contributed by atoms with E-state index in [0.717, 1.165) is 84.9 Å². The number of benzene rings is 3. The highest BCUT2D eigenvalue weighted by atomic mass is 16.5. The van der Waals surface area contributed by atoms with Gasteiger partial charge in [-0.2, -0.15) is 0 Å². The molecule has 37 heavy (non-hydrogen) atoms. The van der Waals surface area contributed by atoms with Gasteiger partial charge in [-0.15, -0.1) is 0 Å². The minimum atomic E-state index is -0.00191. The molecule has 7 heteroatoms. The Balaban J connectivity index is 1.01. The van der Waals surface area contributed by atoms with E-state index in [1.807, 2.05) is 89.5 Å². The molecule has 1 fully saturated rings. The Morgan fingerprint density at radius 2 is 1.70 bits per heavy atom. The van der Waals surface area contributed by atoms with Crippen molar-refractivity contribution >= 4 is 11.0 Å². The Hall–Kier alpha value is -4.10. The van der Waals surface area contributed by atoms with Crippen LogP contribution < -0.4 is 10.4 Å². The predicted octanol–water partition coefficient (Wildman–Crippen LogP) is 6.05. The third kappa shape index (κ3) is 5.22. The van der Waals surface area contributed by atoms with Crippen molar-refractivity contribution in [1.82, 2.24) is 19.6 Å². The summed E-state index contributed by atoms with van der Waals surface area (Å²) in [5.74, 6) is 2.47. The van der Waals surface area contributed by atoms with Gasteiger partial charge in [0, 0.05) is 37.2 Å². The number of hydrogen-bond acceptors (Lipinski definition) is 5. The zero-order chi connectivity index (χ0) is 25.0. The lowest BCUT2D eigenvalue weighted by Crippen LogP contribution is -2.37. The van der Waals surface area contributed by atoms with Crippen molar-refractivity contribution in [1.29, 1.82) is 0 Å². The summed E-state index contributed by atoms with van der Waals surface area (Å²) in [6.07, 6.45) is 3.81. The van der Waals surface area contributed by atoms with Crippen molar-refractivity contribution in [2.24, 2.45) is 0 Å². The molecule has 1 N–H and O–H groups in total. The van der Waals surface area contributed by atoms with Crippen LogP contribution in [0.15, 0.2) is 94.2 Å². The maximum Gasteiger partial charge on any atom is 0.326 e. The first-order valence-corrected chi connectivity index (χ1v) is 12.9. The molecular weight excluding hydrogens is 464 g/mol. The monoisotopic (exact) mass is 494 g/mol. The highest BCUT2D eigenvalue weighted by Gasteiger charge is 2.23. The van der Waals surface area contributed by atoms with Gasteiger partial charge in [0.1, 0.15) is 23.0 Å². The van der Waals surface area contributed by atoms with Crippen LogP contribution in [0.5, 0.6) is 11.5 Å². The van der Waals surface area contributed by atoms with Crippen LogP contribution in [0.1, 0.15) is 31.1 Å². The molecule has 0 atom stereocenters. The summed E-state index contributed by atoms with van der Waals surface area (Å²) < 4.78 is 13.5. The first kappa shape index (κ1) is 23.3. The topological polar surface area (TPSA) is 76.3 Å². The van der Waals surface area contributed by atoms with E-state index in [9.17, 15) is 4.79 Å². The summed E-state index contributed by atoms with van der Waals surface area (Å²) in [6, 6.07) is 27.9. The number of H-pyrrole nitrogens is 1. The normalized spacial score (nSPS) is 14.8. The molecule has 5 aromatic rings. The molecule has 0 saturated carbocycles. The lowest BCUT2D eigenvalue weighted by molar-refractivity contribution is 0.184. The number of piperidine rings is 1. The fourth-order valence-electron chi connectivity index (χ4n) is 5.23. The minimum Gasteiger partial charge on any atom is -0.457 e. The Labute approximate surface area is 215 Å². The molecule has 0 bridgehead atoms. The van der Waals surface area contributed by atoms with E-state index in [1.54, 1.807) is 0 Å². The molecule has 1 aliphatic heterocycles. The molecule has 0 amide bonds. The number of hydrogen-bond donors (Lipinski definition) is 1. The number of rotatable bonds is 8. The number of ether oxygens (including phenoxy) is 1. The largest absolute Gasteiger partial charge is 0.457 e. The van der Waals surface area contributed by atoms with Gasteiger partial charge in [-0.05, 0) is 62.2 Å². The lowest BCUT2D eigenvalue weighted by Gasteiger charge is -2.32. The molecule has 2 aromatic heterocycles. The summed E-state index contributed by atoms with van der Waals surface area (Å²) in [4.78, 5) is 18.0. The van der Waals surface area contributed by atoms with E-state index in [1.165, 1.54) is 0 Å². The van der Waals surface area contributed by atoms with Gasteiger partial charge in [-0.25, -0.2) is 4.79 Å². The average molecular weight is 495 g/mol. The molecule has 3 aromatic carbocycles. The standard InChI is InChI=1S/C30H30N4O3/c35-30-31-27-13-4-5-14-29(27)34(30)23-15-18-33(19-16-23)17-7-12-26-21-28(32-37-26)22-8-6-11-25(20-22)36-24-9-2-1-3-10-24/h1-6,8-11,13-14,20-21,23H,7,12,15-19H2,(H,31,35). The van der Waals surface area contributed by atoms with Gasteiger partial charge in [0.15, 0.2) is 0 Å². The highest BCUT2D eigenvalue weighted by Crippen LogP contribution is 2.28. The van der Waals surface area contributed by atoms with Crippen LogP contribution in [0.3, 0.4) is 0 Å². The van der Waals surface area contributed by atoms with Crippen LogP contribution in [0, 0.1) is 0 Å². The Morgan fingerprint density at radius 3 is 2.57 bits per heavy atom. The van der Waals surface area contributed by atoms with Crippen LogP contribution in [-0.4, -0.2) is 39.2 Å². The maximum absolute atomic E-state index is 12.5. The van der Waals surface area contributed by atoms with E-state index in [0.29, 0.717) is 0 Å². The molecule has 0 radical (unpaired) electrons. The number of likely N-dealkylation sites (tertiary alicyclic amines) is 1. The van der Waals surface area contributed by atoms with Gasteiger partial charge in [-0.1, -0.05) is 47.6 Å². The van der Waals surface area contributed by atoms with E-state index < -0.39 is 0 Å². The molecule has 1 aliphatic rings. The zero-order valence-corrected chi connectivity index (χ0v) is 20.7.